The molecule has 0 heterocycles. The van der Waals surface area contributed by atoms with Gasteiger partial charge in [0.1, 0.15) is 6.04 Å². The number of aryl methyl sites for hydroxylation is 1. The fourth-order valence-electron chi connectivity index (χ4n) is 3.14. The minimum atomic E-state index is -4.64. The minimum absolute atomic E-state index is 0.224. The van der Waals surface area contributed by atoms with Gasteiger partial charge < -0.3 is 5.32 Å². The first-order valence-electron chi connectivity index (χ1n) is 9.38. The molecule has 0 aromatic heterocycles. The van der Waals surface area contributed by atoms with E-state index in [-0.39, 0.29) is 11.7 Å². The maximum absolute atomic E-state index is 13.1. The standard InChI is InChI=1S/C21H25F3N2O3S/c1-5-19(16-11-9-14(2)10-12-16)25-20(27)15(3)26(30(4,28)29)18-8-6-7-17(13-18)21(22,23)24/h6-13,15,19H,5H2,1-4H3,(H,25,27)/t15-,19+/m1/s1. The molecule has 2 rings (SSSR count). The molecule has 0 spiro atoms. The molecule has 5 nitrogen and oxygen atoms in total. The Bertz CT molecular complexity index is 989. The molecule has 0 aliphatic carbocycles. The van der Waals surface area contributed by atoms with Crippen LogP contribution in [0.25, 0.3) is 0 Å². The van der Waals surface area contributed by atoms with Crippen LogP contribution in [0, 0.1) is 6.92 Å². The normalized spacial score (nSPS) is 14.1. The number of carbonyl (C=O) groups excluding carboxylic acids is 1. The molecule has 1 N–H and O–H groups in total. The zero-order valence-electron chi connectivity index (χ0n) is 17.2. The number of rotatable bonds is 7. The lowest BCUT2D eigenvalue weighted by atomic mass is 10.0. The molecule has 2 aromatic carbocycles. The van der Waals surface area contributed by atoms with Gasteiger partial charge in [0.25, 0.3) is 0 Å². The average molecular weight is 443 g/mol. The van der Waals surface area contributed by atoms with Crippen LogP contribution >= 0.6 is 0 Å². The lowest BCUT2D eigenvalue weighted by Gasteiger charge is -2.30. The maximum Gasteiger partial charge on any atom is 0.416 e. The van der Waals surface area contributed by atoms with Gasteiger partial charge >= 0.3 is 6.18 Å². The Kier molecular flexibility index (Phi) is 7.18. The first-order valence-corrected chi connectivity index (χ1v) is 11.2. The van der Waals surface area contributed by atoms with Gasteiger partial charge in [-0.25, -0.2) is 8.42 Å². The second kappa shape index (κ2) is 9.07. The highest BCUT2D eigenvalue weighted by atomic mass is 32.2. The Labute approximate surface area is 175 Å². The summed E-state index contributed by atoms with van der Waals surface area (Å²) in [6.45, 7) is 5.15. The van der Waals surface area contributed by atoms with Crippen molar-refractivity contribution in [1.82, 2.24) is 5.32 Å². The Balaban J connectivity index is 2.34. The summed E-state index contributed by atoms with van der Waals surface area (Å²) < 4.78 is 64.7. The second-order valence-corrected chi connectivity index (χ2v) is 9.02. The zero-order chi connectivity index (χ0) is 22.7. The number of sulfonamides is 1. The van der Waals surface area contributed by atoms with E-state index in [1.165, 1.54) is 13.0 Å². The SMILES string of the molecule is CC[C@H](NC(=O)[C@@H](C)N(c1cccc(C(F)(F)F)c1)S(C)(=O)=O)c1ccc(C)cc1. The number of anilines is 1. The summed E-state index contributed by atoms with van der Waals surface area (Å²) in [6, 6.07) is 9.86. The second-order valence-electron chi connectivity index (χ2n) is 7.16. The van der Waals surface area contributed by atoms with Gasteiger partial charge in [0.05, 0.1) is 23.5 Å². The molecule has 0 aliphatic rings. The summed E-state index contributed by atoms with van der Waals surface area (Å²) >= 11 is 0. The van der Waals surface area contributed by atoms with Crippen molar-refractivity contribution in [3.8, 4) is 0 Å². The number of hydrogen-bond donors (Lipinski definition) is 1. The van der Waals surface area contributed by atoms with Crippen LogP contribution in [-0.2, 0) is 21.0 Å². The fraction of sp³-hybridized carbons (Fsp3) is 0.381. The minimum Gasteiger partial charge on any atom is -0.347 e. The highest BCUT2D eigenvalue weighted by molar-refractivity contribution is 7.92. The number of nitrogens with one attached hydrogen (secondary N) is 1. The van der Waals surface area contributed by atoms with E-state index in [9.17, 15) is 26.4 Å². The number of halogens is 3. The van der Waals surface area contributed by atoms with E-state index < -0.39 is 33.7 Å². The monoisotopic (exact) mass is 442 g/mol. The molecular formula is C21H25F3N2O3S. The molecule has 1 amide bonds. The highest BCUT2D eigenvalue weighted by Crippen LogP contribution is 2.33. The Hall–Kier alpha value is -2.55. The van der Waals surface area contributed by atoms with Crippen LogP contribution in [0.5, 0.6) is 0 Å². The molecule has 0 unspecified atom stereocenters. The number of amides is 1. The van der Waals surface area contributed by atoms with Crippen LogP contribution in [0.15, 0.2) is 48.5 Å². The molecule has 0 fully saturated rings. The first-order chi connectivity index (χ1) is 13.8. The first kappa shape index (κ1) is 23.7. The zero-order valence-corrected chi connectivity index (χ0v) is 18.0. The van der Waals surface area contributed by atoms with E-state index in [1.807, 2.05) is 38.1 Å². The van der Waals surface area contributed by atoms with Gasteiger partial charge in [0.15, 0.2) is 0 Å². The predicted octanol–water partition coefficient (Wildman–Crippen LogP) is 4.44. The summed E-state index contributed by atoms with van der Waals surface area (Å²) in [5.74, 6) is -0.606. The summed E-state index contributed by atoms with van der Waals surface area (Å²) in [7, 11) is -4.03. The molecule has 2 atom stereocenters. The third-order valence-corrected chi connectivity index (χ3v) is 5.96. The van der Waals surface area contributed by atoms with Gasteiger partial charge in [-0.1, -0.05) is 42.8 Å². The van der Waals surface area contributed by atoms with Crippen molar-refractivity contribution in [2.24, 2.45) is 0 Å². The maximum atomic E-state index is 13.1. The van der Waals surface area contributed by atoms with E-state index in [0.29, 0.717) is 10.7 Å². The number of alkyl halides is 3. The highest BCUT2D eigenvalue weighted by Gasteiger charge is 2.34. The quantitative estimate of drug-likeness (QED) is 0.690. The van der Waals surface area contributed by atoms with Gasteiger partial charge in [-0.15, -0.1) is 0 Å². The Morgan fingerprint density at radius 2 is 1.73 bits per heavy atom. The van der Waals surface area contributed by atoms with Crippen molar-refractivity contribution in [2.45, 2.75) is 45.5 Å². The van der Waals surface area contributed by atoms with Gasteiger partial charge in [-0.3, -0.25) is 9.10 Å². The molecule has 0 radical (unpaired) electrons. The molecule has 0 bridgehead atoms. The number of hydrogen-bond acceptors (Lipinski definition) is 3. The summed E-state index contributed by atoms with van der Waals surface area (Å²) in [6.07, 6.45) is -3.22. The topological polar surface area (TPSA) is 66.5 Å². The molecule has 2 aromatic rings. The van der Waals surface area contributed by atoms with Crippen molar-refractivity contribution in [1.29, 1.82) is 0 Å². The third-order valence-electron chi connectivity index (χ3n) is 4.72. The van der Waals surface area contributed by atoms with Crippen molar-refractivity contribution in [2.75, 3.05) is 10.6 Å². The van der Waals surface area contributed by atoms with Gasteiger partial charge in [0, 0.05) is 0 Å². The van der Waals surface area contributed by atoms with Crippen LogP contribution < -0.4 is 9.62 Å². The van der Waals surface area contributed by atoms with Crippen molar-refractivity contribution in [3.63, 3.8) is 0 Å². The largest absolute Gasteiger partial charge is 0.416 e. The molecule has 164 valence electrons. The number of carbonyl (C=O) groups is 1. The van der Waals surface area contributed by atoms with Crippen molar-refractivity contribution >= 4 is 21.6 Å². The lowest BCUT2D eigenvalue weighted by Crippen LogP contribution is -2.48. The van der Waals surface area contributed by atoms with Crippen molar-refractivity contribution < 1.29 is 26.4 Å². The summed E-state index contributed by atoms with van der Waals surface area (Å²) in [4.78, 5) is 12.9. The van der Waals surface area contributed by atoms with Crippen molar-refractivity contribution in [3.05, 3.63) is 65.2 Å². The van der Waals surface area contributed by atoms with Crippen LogP contribution in [0.1, 0.15) is 43.0 Å². The predicted molar refractivity (Wildman–Crippen MR) is 111 cm³/mol. The van der Waals surface area contributed by atoms with E-state index in [1.54, 1.807) is 0 Å². The molecule has 30 heavy (non-hydrogen) atoms. The fourth-order valence-corrected chi connectivity index (χ4v) is 4.31. The Morgan fingerprint density at radius 1 is 1.13 bits per heavy atom. The van der Waals surface area contributed by atoms with E-state index in [4.69, 9.17) is 0 Å². The van der Waals surface area contributed by atoms with E-state index in [0.717, 1.165) is 35.6 Å². The van der Waals surface area contributed by atoms with Gasteiger partial charge in [-0.2, -0.15) is 13.2 Å². The molecular weight excluding hydrogens is 417 g/mol. The Morgan fingerprint density at radius 3 is 2.23 bits per heavy atom. The molecule has 9 heteroatoms. The third kappa shape index (κ3) is 5.75. The molecule has 0 saturated heterocycles. The smallest absolute Gasteiger partial charge is 0.347 e. The van der Waals surface area contributed by atoms with Crippen LogP contribution in [0.4, 0.5) is 18.9 Å². The average Bonchev–Trinajstić information content (AvgIpc) is 2.65. The van der Waals surface area contributed by atoms with Crippen LogP contribution in [0.2, 0.25) is 0 Å². The van der Waals surface area contributed by atoms with Crippen LogP contribution in [-0.4, -0.2) is 26.6 Å². The molecule has 0 aliphatic heterocycles. The molecule has 0 saturated carbocycles. The van der Waals surface area contributed by atoms with E-state index in [2.05, 4.69) is 5.32 Å². The number of benzene rings is 2. The van der Waals surface area contributed by atoms with E-state index >= 15 is 0 Å². The summed E-state index contributed by atoms with van der Waals surface area (Å²) in [5.41, 5.74) is 0.695. The summed E-state index contributed by atoms with van der Waals surface area (Å²) in [5, 5.41) is 2.80. The van der Waals surface area contributed by atoms with Crippen LogP contribution in [0.3, 0.4) is 0 Å². The lowest BCUT2D eigenvalue weighted by molar-refractivity contribution is -0.137. The number of nitrogens with zero attached hydrogens (tertiary/aromatic N) is 1. The van der Waals surface area contributed by atoms with Gasteiger partial charge in [-0.05, 0) is 44.0 Å². The van der Waals surface area contributed by atoms with Gasteiger partial charge in [0.2, 0.25) is 15.9 Å².